The number of hydrogen-bond donors (Lipinski definition) is 1. The fourth-order valence-corrected chi connectivity index (χ4v) is 3.54. The van der Waals surface area contributed by atoms with Gasteiger partial charge in [-0.1, -0.05) is 37.6 Å². The zero-order valence-electron chi connectivity index (χ0n) is 17.0. The molecule has 1 aliphatic heterocycles. The van der Waals surface area contributed by atoms with Crippen molar-refractivity contribution in [1.82, 2.24) is 25.0 Å². The third-order valence-corrected chi connectivity index (χ3v) is 5.26. The van der Waals surface area contributed by atoms with E-state index in [0.717, 1.165) is 50.7 Å². The maximum atomic E-state index is 11.7. The molecule has 0 radical (unpaired) electrons. The van der Waals surface area contributed by atoms with E-state index in [-0.39, 0.29) is 11.8 Å². The van der Waals surface area contributed by atoms with Gasteiger partial charge >= 0.3 is 0 Å². The van der Waals surface area contributed by atoms with Crippen molar-refractivity contribution in [2.75, 3.05) is 19.6 Å². The third kappa shape index (κ3) is 4.95. The topological polar surface area (TPSA) is 63.1 Å². The summed E-state index contributed by atoms with van der Waals surface area (Å²) in [6.45, 7) is 12.6. The number of aromatic nitrogens is 3. The molecule has 0 unspecified atom stereocenters. The van der Waals surface area contributed by atoms with E-state index in [0.29, 0.717) is 6.54 Å². The largest absolute Gasteiger partial charge is 0.355 e. The summed E-state index contributed by atoms with van der Waals surface area (Å²) in [7, 11) is 0. The van der Waals surface area contributed by atoms with Crippen LogP contribution < -0.4 is 5.32 Å². The molecule has 1 N–H and O–H groups in total. The number of nitrogens with zero attached hydrogens (tertiary/aromatic N) is 4. The van der Waals surface area contributed by atoms with Gasteiger partial charge in [-0.3, -0.25) is 9.69 Å². The van der Waals surface area contributed by atoms with Crippen molar-refractivity contribution in [3.63, 3.8) is 0 Å². The lowest BCUT2D eigenvalue weighted by atomic mass is 10.1. The van der Waals surface area contributed by atoms with E-state index in [2.05, 4.69) is 57.0 Å². The highest BCUT2D eigenvalue weighted by molar-refractivity contribution is 5.77. The molecule has 0 saturated heterocycles. The SMILES string of the molecule is Cc1ccc(CN2CCc3nnc(CCNC(=O)C(C)C)n3CC2)c(C)c1. The Morgan fingerprint density at radius 3 is 2.74 bits per heavy atom. The first kappa shape index (κ1) is 19.5. The molecule has 2 heterocycles. The summed E-state index contributed by atoms with van der Waals surface area (Å²) in [5.74, 6) is 2.13. The molecule has 1 aromatic heterocycles. The van der Waals surface area contributed by atoms with Gasteiger partial charge in [-0.25, -0.2) is 0 Å². The Bertz CT molecular complexity index is 796. The molecule has 6 nitrogen and oxygen atoms in total. The van der Waals surface area contributed by atoms with Crippen molar-refractivity contribution in [2.45, 2.75) is 53.6 Å². The number of carbonyl (C=O) groups is 1. The van der Waals surface area contributed by atoms with Crippen LogP contribution in [-0.2, 0) is 30.7 Å². The van der Waals surface area contributed by atoms with Crippen molar-refractivity contribution >= 4 is 5.91 Å². The second-order valence-corrected chi connectivity index (χ2v) is 7.84. The minimum atomic E-state index is 0.0132. The molecule has 0 fully saturated rings. The first-order valence-electron chi connectivity index (χ1n) is 9.91. The first-order chi connectivity index (χ1) is 12.9. The summed E-state index contributed by atoms with van der Waals surface area (Å²) in [5.41, 5.74) is 4.07. The first-order valence-corrected chi connectivity index (χ1v) is 9.91. The van der Waals surface area contributed by atoms with Gasteiger partial charge in [0.15, 0.2) is 0 Å². The van der Waals surface area contributed by atoms with Crippen LogP contribution in [0.25, 0.3) is 0 Å². The van der Waals surface area contributed by atoms with Crippen molar-refractivity contribution in [3.05, 3.63) is 46.5 Å². The smallest absolute Gasteiger partial charge is 0.222 e. The van der Waals surface area contributed by atoms with Gasteiger partial charge in [0.1, 0.15) is 11.6 Å². The van der Waals surface area contributed by atoms with Crippen LogP contribution >= 0.6 is 0 Å². The predicted molar refractivity (Wildman–Crippen MR) is 106 cm³/mol. The molecule has 27 heavy (non-hydrogen) atoms. The molecule has 3 rings (SSSR count). The second-order valence-electron chi connectivity index (χ2n) is 7.84. The summed E-state index contributed by atoms with van der Waals surface area (Å²) in [5, 5.41) is 11.7. The van der Waals surface area contributed by atoms with Crippen molar-refractivity contribution in [3.8, 4) is 0 Å². The molecule has 0 saturated carbocycles. The molecule has 0 atom stereocenters. The summed E-state index contributed by atoms with van der Waals surface area (Å²) in [6.07, 6.45) is 1.64. The van der Waals surface area contributed by atoms with Crippen LogP contribution in [0.1, 0.15) is 42.2 Å². The molecule has 146 valence electrons. The highest BCUT2D eigenvalue weighted by Crippen LogP contribution is 2.16. The van der Waals surface area contributed by atoms with Crippen LogP contribution in [0.5, 0.6) is 0 Å². The lowest BCUT2D eigenvalue weighted by Gasteiger charge is -2.21. The Morgan fingerprint density at radius 2 is 2.00 bits per heavy atom. The highest BCUT2D eigenvalue weighted by Gasteiger charge is 2.19. The van der Waals surface area contributed by atoms with Crippen molar-refractivity contribution in [2.24, 2.45) is 5.92 Å². The van der Waals surface area contributed by atoms with Crippen LogP contribution in [0, 0.1) is 19.8 Å². The number of fused-ring (bicyclic) bond motifs is 1. The maximum Gasteiger partial charge on any atom is 0.222 e. The fourth-order valence-electron chi connectivity index (χ4n) is 3.54. The van der Waals surface area contributed by atoms with Crippen LogP contribution in [0.3, 0.4) is 0 Å². The molecule has 1 aliphatic rings. The predicted octanol–water partition coefficient (Wildman–Crippen LogP) is 2.27. The zero-order chi connectivity index (χ0) is 19.4. The van der Waals surface area contributed by atoms with Gasteiger partial charge in [0, 0.05) is 51.5 Å². The molecule has 1 amide bonds. The normalized spacial score (nSPS) is 14.9. The van der Waals surface area contributed by atoms with E-state index in [1.807, 2.05) is 13.8 Å². The van der Waals surface area contributed by atoms with E-state index in [1.54, 1.807) is 0 Å². The van der Waals surface area contributed by atoms with E-state index in [4.69, 9.17) is 0 Å². The lowest BCUT2D eigenvalue weighted by Crippen LogP contribution is -2.30. The quantitative estimate of drug-likeness (QED) is 0.848. The monoisotopic (exact) mass is 369 g/mol. The number of benzene rings is 1. The number of nitrogens with one attached hydrogen (secondary N) is 1. The number of carbonyl (C=O) groups excluding carboxylic acids is 1. The molecule has 1 aromatic carbocycles. The fraction of sp³-hybridized carbons (Fsp3) is 0.571. The Balaban J connectivity index is 1.58. The molecule has 6 heteroatoms. The third-order valence-electron chi connectivity index (χ3n) is 5.26. The van der Waals surface area contributed by atoms with E-state index in [1.165, 1.54) is 16.7 Å². The minimum absolute atomic E-state index is 0.0132. The van der Waals surface area contributed by atoms with Crippen molar-refractivity contribution < 1.29 is 4.79 Å². The number of rotatable bonds is 6. The average Bonchev–Trinajstić information content (AvgIpc) is 2.89. The number of hydrogen-bond acceptors (Lipinski definition) is 4. The highest BCUT2D eigenvalue weighted by atomic mass is 16.1. The molecule has 0 aliphatic carbocycles. The van der Waals surface area contributed by atoms with Gasteiger partial charge in [-0.05, 0) is 25.0 Å². The Hall–Kier alpha value is -2.21. The molecular weight excluding hydrogens is 338 g/mol. The van der Waals surface area contributed by atoms with E-state index >= 15 is 0 Å². The molecule has 0 spiro atoms. The van der Waals surface area contributed by atoms with Gasteiger partial charge in [0.25, 0.3) is 0 Å². The van der Waals surface area contributed by atoms with Crippen LogP contribution in [0.15, 0.2) is 18.2 Å². The zero-order valence-corrected chi connectivity index (χ0v) is 17.0. The summed E-state index contributed by atoms with van der Waals surface area (Å²) in [4.78, 5) is 14.2. The lowest BCUT2D eigenvalue weighted by molar-refractivity contribution is -0.123. The van der Waals surface area contributed by atoms with Gasteiger partial charge < -0.3 is 9.88 Å². The number of aryl methyl sites for hydroxylation is 2. The second kappa shape index (κ2) is 8.65. The summed E-state index contributed by atoms with van der Waals surface area (Å²) < 4.78 is 2.24. The molecule has 0 bridgehead atoms. The van der Waals surface area contributed by atoms with Gasteiger partial charge in [0.2, 0.25) is 5.91 Å². The van der Waals surface area contributed by atoms with Crippen molar-refractivity contribution in [1.29, 1.82) is 0 Å². The van der Waals surface area contributed by atoms with Gasteiger partial charge in [0.05, 0.1) is 0 Å². The summed E-state index contributed by atoms with van der Waals surface area (Å²) >= 11 is 0. The minimum Gasteiger partial charge on any atom is -0.355 e. The molecular formula is C21H31N5O. The van der Waals surface area contributed by atoms with Gasteiger partial charge in [-0.15, -0.1) is 10.2 Å². The maximum absolute atomic E-state index is 11.7. The van der Waals surface area contributed by atoms with Crippen LogP contribution in [-0.4, -0.2) is 45.2 Å². The number of amides is 1. The Kier molecular flexibility index (Phi) is 6.26. The molecule has 2 aromatic rings. The average molecular weight is 370 g/mol. The van der Waals surface area contributed by atoms with Crippen LogP contribution in [0.2, 0.25) is 0 Å². The van der Waals surface area contributed by atoms with Crippen LogP contribution in [0.4, 0.5) is 0 Å². The standard InChI is InChI=1S/C21H31N5O/c1-15(2)21(27)22-9-7-19-23-24-20-8-10-25(11-12-26(19)20)14-18-6-5-16(3)13-17(18)4/h5-6,13,15H,7-12,14H2,1-4H3,(H,22,27). The van der Waals surface area contributed by atoms with E-state index < -0.39 is 0 Å². The Morgan fingerprint density at radius 1 is 1.19 bits per heavy atom. The Labute approximate surface area is 162 Å². The summed E-state index contributed by atoms with van der Waals surface area (Å²) in [6, 6.07) is 6.70. The van der Waals surface area contributed by atoms with E-state index in [9.17, 15) is 4.79 Å². The van der Waals surface area contributed by atoms with Gasteiger partial charge in [-0.2, -0.15) is 0 Å².